The summed E-state index contributed by atoms with van der Waals surface area (Å²) < 4.78 is 54.3. The number of halogens is 5. The maximum Gasteiger partial charge on any atom is 0.436 e. The fourth-order valence-electron chi connectivity index (χ4n) is 2.45. The maximum atomic E-state index is 14.7. The highest BCUT2D eigenvalue weighted by molar-refractivity contribution is 6.31. The van der Waals surface area contributed by atoms with Gasteiger partial charge in [0, 0.05) is 12.5 Å². The van der Waals surface area contributed by atoms with Gasteiger partial charge in [-0.1, -0.05) is 23.7 Å². The molecule has 0 aliphatic heterocycles. The zero-order valence-electron chi connectivity index (χ0n) is 13.3. The van der Waals surface area contributed by atoms with Crippen molar-refractivity contribution in [3.63, 3.8) is 0 Å². The van der Waals surface area contributed by atoms with E-state index in [0.29, 0.717) is 23.0 Å². The number of hydrogen-bond donors (Lipinski definition) is 0. The lowest BCUT2D eigenvalue weighted by Crippen LogP contribution is -2.31. The van der Waals surface area contributed by atoms with Crippen LogP contribution in [0.25, 0.3) is 16.8 Å². The first-order valence-corrected chi connectivity index (χ1v) is 7.80. The summed E-state index contributed by atoms with van der Waals surface area (Å²) in [6, 6.07) is 5.50. The average molecular weight is 387 g/mol. The van der Waals surface area contributed by atoms with Gasteiger partial charge in [0.1, 0.15) is 0 Å². The molecule has 2 aromatic heterocycles. The highest BCUT2D eigenvalue weighted by atomic mass is 35.5. The molecule has 10 heteroatoms. The fourth-order valence-corrected chi connectivity index (χ4v) is 2.61. The largest absolute Gasteiger partial charge is 0.618 e. The van der Waals surface area contributed by atoms with Crippen molar-refractivity contribution in [1.29, 1.82) is 0 Å². The first kappa shape index (κ1) is 18.1. The summed E-state index contributed by atoms with van der Waals surface area (Å²) in [6.07, 6.45) is -2.45. The smallest absolute Gasteiger partial charge is 0.436 e. The van der Waals surface area contributed by atoms with Gasteiger partial charge in [0.15, 0.2) is 23.4 Å². The van der Waals surface area contributed by atoms with Crippen LogP contribution < -0.4 is 4.73 Å². The first-order valence-electron chi connectivity index (χ1n) is 7.42. The highest BCUT2D eigenvalue weighted by Gasteiger charge is 2.35. The van der Waals surface area contributed by atoms with E-state index in [1.807, 2.05) is 0 Å². The summed E-state index contributed by atoms with van der Waals surface area (Å²) in [6.45, 7) is 1.78. The molecular formula is C16H11ClF4N4O. The molecule has 2 heterocycles. The zero-order chi connectivity index (χ0) is 19.1. The van der Waals surface area contributed by atoms with Gasteiger partial charge in [0.2, 0.25) is 0 Å². The third-order valence-electron chi connectivity index (χ3n) is 3.75. The zero-order valence-corrected chi connectivity index (χ0v) is 14.0. The molecule has 136 valence electrons. The molecule has 3 rings (SSSR count). The summed E-state index contributed by atoms with van der Waals surface area (Å²) in [5, 5.41) is 18.2. The Hall–Kier alpha value is -2.68. The molecule has 0 aliphatic rings. The molecule has 0 aliphatic carbocycles. The van der Waals surface area contributed by atoms with E-state index in [9.17, 15) is 22.8 Å². The third-order valence-corrected chi connectivity index (χ3v) is 4.04. The number of benzene rings is 1. The normalized spacial score (nSPS) is 11.8. The lowest BCUT2D eigenvalue weighted by atomic mass is 10.0. The molecule has 5 nitrogen and oxygen atoms in total. The molecule has 0 saturated heterocycles. The Bertz CT molecular complexity index is 971. The molecule has 0 unspecified atom stereocenters. The molecule has 0 atom stereocenters. The lowest BCUT2D eigenvalue weighted by Gasteiger charge is -2.12. The number of nitrogens with zero attached hydrogens (tertiary/aromatic N) is 4. The van der Waals surface area contributed by atoms with E-state index in [0.717, 1.165) is 10.9 Å². The molecule has 0 amide bonds. The molecule has 0 bridgehead atoms. The predicted octanol–water partition coefficient (Wildman–Crippen LogP) is 3.94. The van der Waals surface area contributed by atoms with Crippen molar-refractivity contribution in [2.45, 2.75) is 19.5 Å². The molecule has 26 heavy (non-hydrogen) atoms. The molecular weight excluding hydrogens is 376 g/mol. The molecule has 0 saturated carbocycles. The van der Waals surface area contributed by atoms with E-state index in [1.165, 1.54) is 24.3 Å². The van der Waals surface area contributed by atoms with Crippen LogP contribution in [0.3, 0.4) is 0 Å². The van der Waals surface area contributed by atoms with Crippen LogP contribution in [0.5, 0.6) is 0 Å². The Morgan fingerprint density at radius 2 is 1.96 bits per heavy atom. The summed E-state index contributed by atoms with van der Waals surface area (Å²) in [4.78, 5) is 0. The Labute approximate surface area is 150 Å². The van der Waals surface area contributed by atoms with Crippen LogP contribution >= 0.6 is 11.6 Å². The van der Waals surface area contributed by atoms with Crippen LogP contribution in [0.4, 0.5) is 17.6 Å². The van der Waals surface area contributed by atoms with Gasteiger partial charge < -0.3 is 5.21 Å². The van der Waals surface area contributed by atoms with E-state index in [-0.39, 0.29) is 21.8 Å². The second kappa shape index (κ2) is 6.56. The van der Waals surface area contributed by atoms with Crippen LogP contribution in [-0.2, 0) is 12.6 Å². The second-order valence-electron chi connectivity index (χ2n) is 5.39. The predicted molar refractivity (Wildman–Crippen MR) is 85.1 cm³/mol. The molecule has 3 aromatic rings. The topological polar surface area (TPSA) is 57.7 Å². The van der Waals surface area contributed by atoms with Crippen molar-refractivity contribution >= 4 is 11.6 Å². The quantitative estimate of drug-likeness (QED) is 0.389. The minimum Gasteiger partial charge on any atom is -0.618 e. The number of aromatic nitrogens is 4. The van der Waals surface area contributed by atoms with Crippen molar-refractivity contribution in [2.24, 2.45) is 0 Å². The molecule has 0 radical (unpaired) electrons. The van der Waals surface area contributed by atoms with Crippen LogP contribution in [0.2, 0.25) is 5.02 Å². The highest BCUT2D eigenvalue weighted by Crippen LogP contribution is 2.34. The second-order valence-corrected chi connectivity index (χ2v) is 5.80. The maximum absolute atomic E-state index is 14.7. The monoisotopic (exact) mass is 386 g/mol. The number of rotatable bonds is 3. The van der Waals surface area contributed by atoms with E-state index in [1.54, 1.807) is 6.92 Å². The Morgan fingerprint density at radius 1 is 1.23 bits per heavy atom. The van der Waals surface area contributed by atoms with Gasteiger partial charge in [0.05, 0.1) is 28.0 Å². The minimum absolute atomic E-state index is 0.0286. The SMILES string of the molecule is CCc1ccc(-c2c(-n3cc(C(F)(F)F)nn3)ccc(Cl)c2F)c[n+]1[O-]. The summed E-state index contributed by atoms with van der Waals surface area (Å²) in [5.74, 6) is -0.877. The van der Waals surface area contributed by atoms with Crippen LogP contribution in [0, 0.1) is 11.0 Å². The Kier molecular flexibility index (Phi) is 4.57. The van der Waals surface area contributed by atoms with Gasteiger partial charge in [0.25, 0.3) is 0 Å². The van der Waals surface area contributed by atoms with Crippen LogP contribution in [0.15, 0.2) is 36.7 Å². The standard InChI is InChI=1S/C16H11ClF4N4O/c1-2-10-4-3-9(7-25(10)26)14-12(6-5-11(17)15(14)18)24-8-13(22-23-24)16(19,20)21/h3-8H,2H2,1H3. The number of aryl methyl sites for hydroxylation is 1. The average Bonchev–Trinajstić information content (AvgIpc) is 3.07. The first-order chi connectivity index (χ1) is 12.2. The van der Waals surface area contributed by atoms with Gasteiger partial charge in [-0.25, -0.2) is 9.07 Å². The van der Waals surface area contributed by atoms with Gasteiger partial charge in [-0.05, 0) is 18.2 Å². The Morgan fingerprint density at radius 3 is 2.54 bits per heavy atom. The van der Waals surface area contributed by atoms with Gasteiger partial charge >= 0.3 is 6.18 Å². The molecule has 1 aromatic carbocycles. The summed E-state index contributed by atoms with van der Waals surface area (Å²) in [5.41, 5.74) is -0.796. The van der Waals surface area contributed by atoms with Crippen molar-refractivity contribution in [1.82, 2.24) is 15.0 Å². The van der Waals surface area contributed by atoms with E-state index in [4.69, 9.17) is 11.6 Å². The molecule has 0 spiro atoms. The number of pyridine rings is 1. The van der Waals surface area contributed by atoms with Gasteiger partial charge in [-0.15, -0.1) is 5.10 Å². The number of alkyl halides is 3. The van der Waals surface area contributed by atoms with Gasteiger partial charge in [-0.3, -0.25) is 0 Å². The third kappa shape index (κ3) is 3.22. The van der Waals surface area contributed by atoms with Crippen molar-refractivity contribution in [3.05, 3.63) is 64.1 Å². The summed E-state index contributed by atoms with van der Waals surface area (Å²) >= 11 is 5.81. The number of hydrogen-bond acceptors (Lipinski definition) is 3. The van der Waals surface area contributed by atoms with Crippen molar-refractivity contribution in [3.8, 4) is 16.8 Å². The van der Waals surface area contributed by atoms with E-state index < -0.39 is 17.7 Å². The van der Waals surface area contributed by atoms with Crippen LogP contribution in [0.1, 0.15) is 18.3 Å². The summed E-state index contributed by atoms with van der Waals surface area (Å²) in [7, 11) is 0. The lowest BCUT2D eigenvalue weighted by molar-refractivity contribution is -0.613. The molecule has 0 N–H and O–H groups in total. The van der Waals surface area contributed by atoms with Crippen molar-refractivity contribution in [2.75, 3.05) is 0 Å². The van der Waals surface area contributed by atoms with Crippen molar-refractivity contribution < 1.29 is 22.3 Å². The van der Waals surface area contributed by atoms with Crippen LogP contribution in [-0.4, -0.2) is 15.0 Å². The van der Waals surface area contributed by atoms with E-state index in [2.05, 4.69) is 10.3 Å². The minimum atomic E-state index is -4.69. The van der Waals surface area contributed by atoms with E-state index >= 15 is 0 Å². The fraction of sp³-hybridized carbons (Fsp3) is 0.188. The van der Waals surface area contributed by atoms with Gasteiger partial charge in [-0.2, -0.15) is 17.9 Å². The molecule has 0 fully saturated rings. The Balaban J connectivity index is 2.21.